The molecule has 8 nitrogen and oxygen atoms in total. The molecule has 0 unspecified atom stereocenters. The third-order valence-electron chi connectivity index (χ3n) is 5.12. The average Bonchev–Trinajstić information content (AvgIpc) is 3.32. The molecule has 1 aliphatic rings. The summed E-state index contributed by atoms with van der Waals surface area (Å²) in [5.41, 5.74) is 0.555. The van der Waals surface area contributed by atoms with Gasteiger partial charge in [0.2, 0.25) is 11.9 Å². The molecule has 2 N–H and O–H groups in total. The van der Waals surface area contributed by atoms with Crippen LogP contribution in [0.4, 0.5) is 20.7 Å². The van der Waals surface area contributed by atoms with Gasteiger partial charge in [-0.15, -0.1) is 15.3 Å². The molecule has 0 aliphatic heterocycles. The summed E-state index contributed by atoms with van der Waals surface area (Å²) in [6.07, 6.45) is 4.57. The second-order valence-electron chi connectivity index (χ2n) is 7.36. The number of hydrogen-bond donors (Lipinski definition) is 2. The second-order valence-corrected chi connectivity index (χ2v) is 7.36. The van der Waals surface area contributed by atoms with Gasteiger partial charge >= 0.3 is 0 Å². The predicted molar refractivity (Wildman–Crippen MR) is 105 cm³/mol. The van der Waals surface area contributed by atoms with Crippen LogP contribution in [0.1, 0.15) is 25.6 Å². The number of H-pyrrole nitrogens is 1. The number of nitrogens with one attached hydrogen (secondary N) is 2. The van der Waals surface area contributed by atoms with Crippen LogP contribution in [0.5, 0.6) is 0 Å². The highest BCUT2D eigenvalue weighted by Gasteiger charge is 2.42. The lowest BCUT2D eigenvalue weighted by Gasteiger charge is -2.10. The van der Waals surface area contributed by atoms with Gasteiger partial charge in [-0.2, -0.15) is 4.98 Å². The zero-order chi connectivity index (χ0) is 20.7. The van der Waals surface area contributed by atoms with E-state index in [4.69, 9.17) is 0 Å². The molecular formula is C20H16F2N8. The molecule has 1 fully saturated rings. The van der Waals surface area contributed by atoms with Crippen molar-refractivity contribution >= 4 is 11.9 Å². The van der Waals surface area contributed by atoms with Gasteiger partial charge in [-0.3, -0.25) is 15.4 Å². The Morgan fingerprint density at radius 2 is 1.73 bits per heavy atom. The number of nitrogens with zero attached hydrogens (tertiary/aromatic N) is 6. The van der Waals surface area contributed by atoms with Crippen molar-refractivity contribution < 1.29 is 8.78 Å². The minimum atomic E-state index is -0.608. The normalized spacial score (nSPS) is 14.5. The fourth-order valence-electron chi connectivity index (χ4n) is 3.08. The van der Waals surface area contributed by atoms with Crippen LogP contribution in [-0.2, 0) is 5.41 Å². The molecule has 5 rings (SSSR count). The van der Waals surface area contributed by atoms with Gasteiger partial charge < -0.3 is 0 Å². The van der Waals surface area contributed by atoms with Gasteiger partial charge in [0.05, 0.1) is 6.20 Å². The van der Waals surface area contributed by atoms with Crippen LogP contribution < -0.4 is 5.32 Å². The molecule has 3 aromatic heterocycles. The lowest BCUT2D eigenvalue weighted by molar-refractivity contribution is 0.623. The lowest BCUT2D eigenvalue weighted by atomic mass is 10.0. The molecule has 0 amide bonds. The number of pyridine rings is 1. The summed E-state index contributed by atoms with van der Waals surface area (Å²) in [6.45, 7) is 2.10. The van der Waals surface area contributed by atoms with Gasteiger partial charge in [-0.25, -0.2) is 13.8 Å². The summed E-state index contributed by atoms with van der Waals surface area (Å²) in [5, 5.41) is 18.1. The Bertz CT molecular complexity index is 1230. The minimum Gasteiger partial charge on any atom is -0.290 e. The molecule has 0 atom stereocenters. The fraction of sp³-hybridized carbons (Fsp3) is 0.200. The van der Waals surface area contributed by atoms with Crippen LogP contribution in [0.2, 0.25) is 0 Å². The van der Waals surface area contributed by atoms with Crippen LogP contribution in [0, 0.1) is 11.6 Å². The monoisotopic (exact) mass is 406 g/mol. The maximum absolute atomic E-state index is 14.5. The van der Waals surface area contributed by atoms with Gasteiger partial charge in [0.15, 0.2) is 5.82 Å². The second kappa shape index (κ2) is 6.90. The number of halogens is 2. The van der Waals surface area contributed by atoms with E-state index in [9.17, 15) is 8.78 Å². The van der Waals surface area contributed by atoms with Crippen LogP contribution in [0.25, 0.3) is 22.5 Å². The summed E-state index contributed by atoms with van der Waals surface area (Å²) < 4.78 is 28.9. The Hall–Kier alpha value is -3.82. The average molecular weight is 406 g/mol. The first-order valence-corrected chi connectivity index (χ1v) is 9.33. The van der Waals surface area contributed by atoms with Crippen molar-refractivity contribution in [1.29, 1.82) is 0 Å². The van der Waals surface area contributed by atoms with E-state index in [-0.39, 0.29) is 39.8 Å². The number of anilines is 2. The lowest BCUT2D eigenvalue weighted by Crippen LogP contribution is -2.06. The van der Waals surface area contributed by atoms with E-state index in [2.05, 4.69) is 47.6 Å². The first kappa shape index (κ1) is 18.2. The van der Waals surface area contributed by atoms with Gasteiger partial charge in [-0.05, 0) is 31.0 Å². The van der Waals surface area contributed by atoms with Gasteiger partial charge in [0.25, 0.3) is 0 Å². The van der Waals surface area contributed by atoms with E-state index in [1.807, 2.05) is 0 Å². The SMILES string of the molecule is CC1(c2nc(Nc3nnc(-c4ccncc4F)c(-c4ccccc4F)n3)n[nH]2)CC1. The predicted octanol–water partition coefficient (Wildman–Crippen LogP) is 3.79. The largest absolute Gasteiger partial charge is 0.290 e. The van der Waals surface area contributed by atoms with Gasteiger partial charge in [0, 0.05) is 22.7 Å². The summed E-state index contributed by atoms with van der Waals surface area (Å²) in [5.74, 6) is 0.00710. The topological polar surface area (TPSA) is 105 Å². The summed E-state index contributed by atoms with van der Waals surface area (Å²) in [6, 6.07) is 7.52. The third-order valence-corrected chi connectivity index (χ3v) is 5.12. The maximum atomic E-state index is 14.5. The first-order chi connectivity index (χ1) is 14.5. The maximum Gasteiger partial charge on any atom is 0.250 e. The zero-order valence-corrected chi connectivity index (χ0v) is 15.9. The van der Waals surface area contributed by atoms with Crippen molar-refractivity contribution in [3.63, 3.8) is 0 Å². The van der Waals surface area contributed by atoms with Gasteiger partial charge in [-0.1, -0.05) is 19.1 Å². The Balaban J connectivity index is 1.57. The number of benzene rings is 1. The number of aromatic nitrogens is 7. The van der Waals surface area contributed by atoms with Crippen molar-refractivity contribution in [2.45, 2.75) is 25.2 Å². The van der Waals surface area contributed by atoms with Crippen molar-refractivity contribution in [2.75, 3.05) is 5.32 Å². The summed E-state index contributed by atoms with van der Waals surface area (Å²) in [4.78, 5) is 12.6. The Labute approximate surface area is 169 Å². The van der Waals surface area contributed by atoms with E-state index in [0.717, 1.165) is 24.9 Å². The molecule has 0 bridgehead atoms. The quantitative estimate of drug-likeness (QED) is 0.519. The number of rotatable bonds is 5. The molecular weight excluding hydrogens is 390 g/mol. The van der Waals surface area contributed by atoms with Crippen LogP contribution in [0.3, 0.4) is 0 Å². The zero-order valence-electron chi connectivity index (χ0n) is 15.9. The van der Waals surface area contributed by atoms with Crippen molar-refractivity contribution in [1.82, 2.24) is 35.3 Å². The van der Waals surface area contributed by atoms with Crippen molar-refractivity contribution in [3.8, 4) is 22.5 Å². The molecule has 150 valence electrons. The standard InChI is InChI=1S/C20H16F2N8/c1-20(7-8-20)17-25-19(30-28-17)26-18-24-15(11-4-2-3-5-13(11)21)16(27-29-18)12-6-9-23-10-14(12)22/h2-6,9-10H,7-8H2,1H3,(H2,24,25,26,28,29,30). The molecule has 1 aliphatic carbocycles. The summed E-state index contributed by atoms with van der Waals surface area (Å²) >= 11 is 0. The smallest absolute Gasteiger partial charge is 0.250 e. The Morgan fingerprint density at radius 1 is 0.933 bits per heavy atom. The highest BCUT2D eigenvalue weighted by Crippen LogP contribution is 2.46. The van der Waals surface area contributed by atoms with E-state index >= 15 is 0 Å². The van der Waals surface area contributed by atoms with Crippen molar-refractivity contribution in [2.24, 2.45) is 0 Å². The number of hydrogen-bond acceptors (Lipinski definition) is 7. The molecule has 0 saturated heterocycles. The first-order valence-electron chi connectivity index (χ1n) is 9.33. The highest BCUT2D eigenvalue weighted by atomic mass is 19.1. The molecule has 0 radical (unpaired) electrons. The highest BCUT2D eigenvalue weighted by molar-refractivity contribution is 5.78. The molecule has 1 saturated carbocycles. The third kappa shape index (κ3) is 3.25. The van der Waals surface area contributed by atoms with E-state index in [1.165, 1.54) is 18.3 Å². The van der Waals surface area contributed by atoms with Gasteiger partial charge in [0.1, 0.15) is 23.0 Å². The Morgan fingerprint density at radius 3 is 2.50 bits per heavy atom. The number of aromatic amines is 1. The van der Waals surface area contributed by atoms with Crippen LogP contribution in [0.15, 0.2) is 42.7 Å². The minimum absolute atomic E-state index is 0.0209. The van der Waals surface area contributed by atoms with E-state index in [0.29, 0.717) is 0 Å². The van der Waals surface area contributed by atoms with Crippen LogP contribution >= 0.6 is 0 Å². The van der Waals surface area contributed by atoms with Crippen LogP contribution in [-0.4, -0.2) is 35.3 Å². The summed E-state index contributed by atoms with van der Waals surface area (Å²) in [7, 11) is 0. The van der Waals surface area contributed by atoms with E-state index < -0.39 is 11.6 Å². The molecule has 3 heterocycles. The molecule has 0 spiro atoms. The molecule has 30 heavy (non-hydrogen) atoms. The van der Waals surface area contributed by atoms with E-state index in [1.54, 1.807) is 18.2 Å². The molecule has 10 heteroatoms. The molecule has 4 aromatic rings. The Kier molecular flexibility index (Phi) is 4.19. The fourth-order valence-corrected chi connectivity index (χ4v) is 3.08. The molecule has 1 aromatic carbocycles. The van der Waals surface area contributed by atoms with Crippen molar-refractivity contribution in [3.05, 3.63) is 60.2 Å².